The first-order valence-corrected chi connectivity index (χ1v) is 5.96. The number of nitrogens with two attached hydrogens (primary N) is 1. The van der Waals surface area contributed by atoms with E-state index in [-0.39, 0.29) is 0 Å². The quantitative estimate of drug-likeness (QED) is 0.842. The molecule has 0 saturated carbocycles. The lowest BCUT2D eigenvalue weighted by Gasteiger charge is -2.09. The molecule has 1 aromatic heterocycles. The van der Waals surface area contributed by atoms with Crippen LogP contribution in [0, 0.1) is 13.8 Å². The topological polar surface area (TPSA) is 61.0 Å². The Morgan fingerprint density at radius 1 is 1.22 bits per heavy atom. The molecule has 0 aliphatic heterocycles. The second kappa shape index (κ2) is 5.04. The molecule has 4 nitrogen and oxygen atoms in total. The highest BCUT2D eigenvalue weighted by Crippen LogP contribution is 2.27. The van der Waals surface area contributed by atoms with Crippen molar-refractivity contribution in [2.75, 3.05) is 5.73 Å². The smallest absolute Gasteiger partial charge is 0.238 e. The molecule has 0 atom stereocenters. The summed E-state index contributed by atoms with van der Waals surface area (Å²) in [6, 6.07) is 5.79. The lowest BCUT2D eigenvalue weighted by Crippen LogP contribution is -1.98. The zero-order valence-electron chi connectivity index (χ0n) is 10.9. The van der Waals surface area contributed by atoms with Gasteiger partial charge in [0.05, 0.1) is 23.3 Å². The molecule has 0 radical (unpaired) electrons. The third-order valence-corrected chi connectivity index (χ3v) is 2.87. The van der Waals surface area contributed by atoms with Crippen LogP contribution in [0.2, 0.25) is 0 Å². The van der Waals surface area contributed by atoms with Gasteiger partial charge in [0.1, 0.15) is 0 Å². The summed E-state index contributed by atoms with van der Waals surface area (Å²) < 4.78 is 5.65. The number of ether oxygens (including phenoxy) is 1. The monoisotopic (exact) mass is 243 g/mol. The number of benzene rings is 1. The highest BCUT2D eigenvalue weighted by atomic mass is 16.5. The zero-order valence-corrected chi connectivity index (χ0v) is 10.9. The molecular weight excluding hydrogens is 226 g/mol. The van der Waals surface area contributed by atoms with Crippen molar-refractivity contribution < 1.29 is 4.74 Å². The first-order valence-electron chi connectivity index (χ1n) is 5.96. The minimum Gasteiger partial charge on any atom is -0.435 e. The summed E-state index contributed by atoms with van der Waals surface area (Å²) in [7, 11) is 0. The Kier molecular flexibility index (Phi) is 3.46. The van der Waals surface area contributed by atoms with Gasteiger partial charge in [-0.15, -0.1) is 0 Å². The fraction of sp³-hybridized carbons (Fsp3) is 0.286. The molecular formula is C14H17N3O. The maximum absolute atomic E-state index is 5.94. The summed E-state index contributed by atoms with van der Waals surface area (Å²) in [4.78, 5) is 8.52. The van der Waals surface area contributed by atoms with E-state index in [1.807, 2.05) is 32.0 Å². The summed E-state index contributed by atoms with van der Waals surface area (Å²) in [6.45, 7) is 5.90. The standard InChI is InChI=1S/C14H17N3O/c1-4-11-5-6-13(12(15)7-11)18-14-8-16-9(2)10(3)17-14/h5-8H,4,15H2,1-3H3. The van der Waals surface area contributed by atoms with Gasteiger partial charge in [-0.05, 0) is 38.0 Å². The third kappa shape index (κ3) is 2.59. The van der Waals surface area contributed by atoms with Crippen molar-refractivity contribution in [3.63, 3.8) is 0 Å². The predicted octanol–water partition coefficient (Wildman–Crippen LogP) is 3.03. The first-order chi connectivity index (χ1) is 8.60. The second-order valence-corrected chi connectivity index (χ2v) is 4.21. The molecule has 0 fully saturated rings. The highest BCUT2D eigenvalue weighted by molar-refractivity contribution is 5.55. The van der Waals surface area contributed by atoms with Gasteiger partial charge in [0.2, 0.25) is 5.88 Å². The van der Waals surface area contributed by atoms with Crippen LogP contribution >= 0.6 is 0 Å². The summed E-state index contributed by atoms with van der Waals surface area (Å²) in [6.07, 6.45) is 2.56. The maximum atomic E-state index is 5.94. The molecule has 2 aromatic rings. The first kappa shape index (κ1) is 12.4. The predicted molar refractivity (Wildman–Crippen MR) is 71.8 cm³/mol. The van der Waals surface area contributed by atoms with Crippen molar-refractivity contribution in [3.05, 3.63) is 41.3 Å². The number of nitrogens with zero attached hydrogens (tertiary/aromatic N) is 2. The summed E-state index contributed by atoms with van der Waals surface area (Å²) in [5, 5.41) is 0. The number of rotatable bonds is 3. The van der Waals surface area contributed by atoms with Crippen LogP contribution in [-0.2, 0) is 6.42 Å². The van der Waals surface area contributed by atoms with Crippen LogP contribution in [0.5, 0.6) is 11.6 Å². The molecule has 1 aromatic carbocycles. The molecule has 0 spiro atoms. The molecule has 4 heteroatoms. The van der Waals surface area contributed by atoms with Gasteiger partial charge >= 0.3 is 0 Å². The minimum absolute atomic E-state index is 0.467. The van der Waals surface area contributed by atoms with E-state index in [1.165, 1.54) is 5.56 Å². The molecule has 0 aliphatic rings. The molecule has 0 unspecified atom stereocenters. The minimum atomic E-state index is 0.467. The number of nitrogen functional groups attached to an aromatic ring is 1. The molecule has 0 bridgehead atoms. The van der Waals surface area contributed by atoms with E-state index >= 15 is 0 Å². The summed E-state index contributed by atoms with van der Waals surface area (Å²) in [5.74, 6) is 1.08. The van der Waals surface area contributed by atoms with Gasteiger partial charge in [-0.3, -0.25) is 4.98 Å². The van der Waals surface area contributed by atoms with Gasteiger partial charge in [0, 0.05) is 0 Å². The van der Waals surface area contributed by atoms with Gasteiger partial charge in [0.25, 0.3) is 0 Å². The van der Waals surface area contributed by atoms with E-state index in [1.54, 1.807) is 6.20 Å². The molecule has 0 saturated heterocycles. The number of aromatic nitrogens is 2. The number of hydrogen-bond donors (Lipinski definition) is 1. The fourth-order valence-corrected chi connectivity index (χ4v) is 1.59. The normalized spacial score (nSPS) is 10.4. The van der Waals surface area contributed by atoms with E-state index in [0.29, 0.717) is 17.3 Å². The molecule has 2 N–H and O–H groups in total. The van der Waals surface area contributed by atoms with Gasteiger partial charge in [-0.25, -0.2) is 4.98 Å². The number of aryl methyl sites for hydroxylation is 3. The van der Waals surface area contributed by atoms with Gasteiger partial charge in [0.15, 0.2) is 5.75 Å². The second-order valence-electron chi connectivity index (χ2n) is 4.21. The zero-order chi connectivity index (χ0) is 13.1. The van der Waals surface area contributed by atoms with Gasteiger partial charge < -0.3 is 10.5 Å². The van der Waals surface area contributed by atoms with Gasteiger partial charge in [-0.2, -0.15) is 0 Å². The van der Waals surface area contributed by atoms with Crippen LogP contribution in [0.3, 0.4) is 0 Å². The molecule has 18 heavy (non-hydrogen) atoms. The number of anilines is 1. The highest BCUT2D eigenvalue weighted by Gasteiger charge is 2.05. The van der Waals surface area contributed by atoms with Crippen LogP contribution in [0.25, 0.3) is 0 Å². The SMILES string of the molecule is CCc1ccc(Oc2cnc(C)c(C)n2)c(N)c1. The molecule has 0 amide bonds. The Hall–Kier alpha value is -2.10. The van der Waals surface area contributed by atoms with Crippen molar-refractivity contribution in [1.29, 1.82) is 0 Å². The lowest BCUT2D eigenvalue weighted by molar-refractivity contribution is 0.460. The molecule has 94 valence electrons. The Balaban J connectivity index is 2.25. The summed E-state index contributed by atoms with van der Waals surface area (Å²) >= 11 is 0. The van der Waals surface area contributed by atoms with E-state index in [9.17, 15) is 0 Å². The van der Waals surface area contributed by atoms with E-state index in [0.717, 1.165) is 17.8 Å². The molecule has 0 aliphatic carbocycles. The van der Waals surface area contributed by atoms with E-state index in [4.69, 9.17) is 10.5 Å². The third-order valence-electron chi connectivity index (χ3n) is 2.87. The largest absolute Gasteiger partial charge is 0.435 e. The van der Waals surface area contributed by atoms with Crippen LogP contribution in [-0.4, -0.2) is 9.97 Å². The van der Waals surface area contributed by atoms with Crippen molar-refractivity contribution in [3.8, 4) is 11.6 Å². The van der Waals surface area contributed by atoms with Gasteiger partial charge in [-0.1, -0.05) is 13.0 Å². The average molecular weight is 243 g/mol. The number of hydrogen-bond acceptors (Lipinski definition) is 4. The maximum Gasteiger partial charge on any atom is 0.238 e. The Labute approximate surface area is 107 Å². The van der Waals surface area contributed by atoms with Crippen molar-refractivity contribution in [1.82, 2.24) is 9.97 Å². The van der Waals surface area contributed by atoms with Crippen LogP contribution in [0.1, 0.15) is 23.9 Å². The van der Waals surface area contributed by atoms with Crippen LogP contribution in [0.4, 0.5) is 5.69 Å². The summed E-state index contributed by atoms with van der Waals surface area (Å²) in [5.41, 5.74) is 9.50. The molecule has 1 heterocycles. The lowest BCUT2D eigenvalue weighted by atomic mass is 10.1. The average Bonchev–Trinajstić information content (AvgIpc) is 2.36. The van der Waals surface area contributed by atoms with Crippen LogP contribution < -0.4 is 10.5 Å². The van der Waals surface area contributed by atoms with Crippen molar-refractivity contribution in [2.45, 2.75) is 27.2 Å². The van der Waals surface area contributed by atoms with Crippen molar-refractivity contribution >= 4 is 5.69 Å². The van der Waals surface area contributed by atoms with Crippen LogP contribution in [0.15, 0.2) is 24.4 Å². The Morgan fingerprint density at radius 2 is 2.00 bits per heavy atom. The molecule has 2 rings (SSSR count). The van der Waals surface area contributed by atoms with E-state index in [2.05, 4.69) is 16.9 Å². The van der Waals surface area contributed by atoms with Crippen molar-refractivity contribution in [2.24, 2.45) is 0 Å². The van der Waals surface area contributed by atoms with E-state index < -0.39 is 0 Å². The fourth-order valence-electron chi connectivity index (χ4n) is 1.59. The Bertz CT molecular complexity index is 567. The Morgan fingerprint density at radius 3 is 2.61 bits per heavy atom.